The molecule has 0 spiro atoms. The van der Waals surface area contributed by atoms with Gasteiger partial charge in [0.25, 0.3) is 0 Å². The second-order valence-corrected chi connectivity index (χ2v) is 3.57. The number of rotatable bonds is 3. The van der Waals surface area contributed by atoms with Crippen molar-refractivity contribution in [3.05, 3.63) is 0 Å². The van der Waals surface area contributed by atoms with E-state index in [9.17, 15) is 9.59 Å². The van der Waals surface area contributed by atoms with Crippen LogP contribution in [0.4, 0.5) is 0 Å². The summed E-state index contributed by atoms with van der Waals surface area (Å²) in [5, 5.41) is 11.1. The highest BCUT2D eigenvalue weighted by atomic mass is 16.4. The zero-order chi connectivity index (χ0) is 9.94. The molecule has 0 bridgehead atoms. The maximum Gasteiger partial charge on any atom is 0.328 e. The molecule has 4 heteroatoms. The van der Waals surface area contributed by atoms with Gasteiger partial charge in [0.1, 0.15) is 5.54 Å². The van der Waals surface area contributed by atoms with E-state index in [-0.39, 0.29) is 11.8 Å². The Kier molecular flexibility index (Phi) is 3.24. The fraction of sp³-hybridized carbons (Fsp3) is 0.750. The van der Waals surface area contributed by atoms with Crippen LogP contribution < -0.4 is 5.32 Å². The summed E-state index contributed by atoms with van der Waals surface area (Å²) in [7, 11) is 0. The van der Waals surface area contributed by atoms with Crippen molar-refractivity contribution in [2.45, 2.75) is 33.2 Å². The van der Waals surface area contributed by atoms with Crippen LogP contribution >= 0.6 is 0 Å². The summed E-state index contributed by atoms with van der Waals surface area (Å²) in [4.78, 5) is 21.7. The van der Waals surface area contributed by atoms with Gasteiger partial charge in [-0.2, -0.15) is 0 Å². The first-order valence-corrected chi connectivity index (χ1v) is 3.83. The summed E-state index contributed by atoms with van der Waals surface area (Å²) >= 11 is 0. The number of carboxylic acids is 1. The van der Waals surface area contributed by atoms with E-state index >= 15 is 0 Å². The van der Waals surface area contributed by atoms with Crippen LogP contribution in [0.3, 0.4) is 0 Å². The van der Waals surface area contributed by atoms with Crippen LogP contribution in [0, 0.1) is 5.92 Å². The third kappa shape index (κ3) is 2.90. The van der Waals surface area contributed by atoms with Crippen molar-refractivity contribution in [1.82, 2.24) is 5.32 Å². The number of carboxylic acid groups (broad SMARTS) is 1. The van der Waals surface area contributed by atoms with E-state index in [2.05, 4.69) is 5.32 Å². The highest BCUT2D eigenvalue weighted by Gasteiger charge is 2.29. The van der Waals surface area contributed by atoms with Crippen LogP contribution in [-0.4, -0.2) is 22.5 Å². The molecule has 0 unspecified atom stereocenters. The van der Waals surface area contributed by atoms with Gasteiger partial charge >= 0.3 is 5.97 Å². The van der Waals surface area contributed by atoms with Gasteiger partial charge in [-0.25, -0.2) is 4.79 Å². The number of hydrogen-bond donors (Lipinski definition) is 2. The van der Waals surface area contributed by atoms with Gasteiger partial charge in [0.05, 0.1) is 0 Å². The number of aliphatic carboxylic acids is 1. The fourth-order valence-corrected chi connectivity index (χ4v) is 0.506. The van der Waals surface area contributed by atoms with Crippen molar-refractivity contribution in [1.29, 1.82) is 0 Å². The molecule has 0 aliphatic rings. The lowest BCUT2D eigenvalue weighted by Gasteiger charge is -2.22. The molecular formula is C8H15NO3. The minimum absolute atomic E-state index is 0.191. The largest absolute Gasteiger partial charge is 0.480 e. The first-order chi connectivity index (χ1) is 5.27. The summed E-state index contributed by atoms with van der Waals surface area (Å²) < 4.78 is 0. The van der Waals surface area contributed by atoms with Gasteiger partial charge in [0.2, 0.25) is 5.91 Å². The summed E-state index contributed by atoms with van der Waals surface area (Å²) in [6, 6.07) is 0. The second-order valence-electron chi connectivity index (χ2n) is 3.57. The average molecular weight is 173 g/mol. The molecule has 0 rings (SSSR count). The maximum atomic E-state index is 11.1. The van der Waals surface area contributed by atoms with Crippen LogP contribution in [0.15, 0.2) is 0 Å². The molecular weight excluding hydrogens is 158 g/mol. The minimum atomic E-state index is -1.18. The predicted molar refractivity (Wildman–Crippen MR) is 44.7 cm³/mol. The van der Waals surface area contributed by atoms with Gasteiger partial charge in [0, 0.05) is 5.92 Å². The Labute approximate surface area is 72.0 Å². The lowest BCUT2D eigenvalue weighted by atomic mass is 10.0. The first-order valence-electron chi connectivity index (χ1n) is 3.83. The predicted octanol–water partition coefficient (Wildman–Crippen LogP) is 0.622. The van der Waals surface area contributed by atoms with E-state index < -0.39 is 11.5 Å². The summed E-state index contributed by atoms with van der Waals surface area (Å²) in [5.74, 6) is -1.47. The number of amides is 1. The molecule has 0 saturated carbocycles. The van der Waals surface area contributed by atoms with E-state index in [4.69, 9.17) is 5.11 Å². The van der Waals surface area contributed by atoms with Gasteiger partial charge in [-0.3, -0.25) is 4.79 Å². The molecule has 2 N–H and O–H groups in total. The van der Waals surface area contributed by atoms with Gasteiger partial charge in [-0.1, -0.05) is 13.8 Å². The second kappa shape index (κ2) is 3.56. The molecule has 0 heterocycles. The average Bonchev–Trinajstić information content (AvgIpc) is 1.85. The topological polar surface area (TPSA) is 66.4 Å². The lowest BCUT2D eigenvalue weighted by Crippen LogP contribution is -2.50. The highest BCUT2D eigenvalue weighted by molar-refractivity contribution is 5.87. The number of hydrogen-bond acceptors (Lipinski definition) is 2. The monoisotopic (exact) mass is 173 g/mol. The summed E-state index contributed by atoms with van der Waals surface area (Å²) in [6.07, 6.45) is 0. The Bertz CT molecular complexity index is 196. The molecule has 0 saturated heterocycles. The molecule has 4 nitrogen and oxygen atoms in total. The number of carbonyl (C=O) groups is 2. The molecule has 0 fully saturated rings. The smallest absolute Gasteiger partial charge is 0.328 e. The van der Waals surface area contributed by atoms with Crippen molar-refractivity contribution in [2.24, 2.45) is 5.92 Å². The van der Waals surface area contributed by atoms with Gasteiger partial charge in [-0.15, -0.1) is 0 Å². The van der Waals surface area contributed by atoms with Crippen LogP contribution in [0.25, 0.3) is 0 Å². The van der Waals surface area contributed by atoms with Gasteiger partial charge in [0.15, 0.2) is 0 Å². The van der Waals surface area contributed by atoms with Crippen LogP contribution in [0.5, 0.6) is 0 Å². The van der Waals surface area contributed by atoms with Gasteiger partial charge in [-0.05, 0) is 13.8 Å². The van der Waals surface area contributed by atoms with Crippen molar-refractivity contribution < 1.29 is 14.7 Å². The SMILES string of the molecule is CC(C)C(=O)NC(C)(C)C(=O)O. The minimum Gasteiger partial charge on any atom is -0.480 e. The van der Waals surface area contributed by atoms with E-state index in [1.807, 2.05) is 0 Å². The van der Waals surface area contributed by atoms with E-state index in [1.54, 1.807) is 13.8 Å². The molecule has 0 aliphatic carbocycles. The molecule has 12 heavy (non-hydrogen) atoms. The lowest BCUT2D eigenvalue weighted by molar-refractivity contribution is -0.146. The Morgan fingerprint density at radius 1 is 1.33 bits per heavy atom. The molecule has 0 aromatic rings. The Morgan fingerprint density at radius 2 is 1.75 bits per heavy atom. The zero-order valence-corrected chi connectivity index (χ0v) is 7.84. The third-order valence-corrected chi connectivity index (χ3v) is 1.49. The van der Waals surface area contributed by atoms with E-state index in [1.165, 1.54) is 13.8 Å². The van der Waals surface area contributed by atoms with E-state index in [0.29, 0.717) is 0 Å². The highest BCUT2D eigenvalue weighted by Crippen LogP contribution is 2.03. The summed E-state index contributed by atoms with van der Waals surface area (Å²) in [6.45, 7) is 6.34. The zero-order valence-electron chi connectivity index (χ0n) is 7.84. The molecule has 1 amide bonds. The molecule has 0 aromatic carbocycles. The normalized spacial score (nSPS) is 11.4. The first kappa shape index (κ1) is 10.9. The van der Waals surface area contributed by atoms with Crippen molar-refractivity contribution in [2.75, 3.05) is 0 Å². The molecule has 0 aromatic heterocycles. The quantitative estimate of drug-likeness (QED) is 0.657. The molecule has 0 radical (unpaired) electrons. The maximum absolute atomic E-state index is 11.1. The van der Waals surface area contributed by atoms with E-state index in [0.717, 1.165) is 0 Å². The van der Waals surface area contributed by atoms with Crippen LogP contribution in [-0.2, 0) is 9.59 Å². The molecule has 0 atom stereocenters. The van der Waals surface area contributed by atoms with Crippen LogP contribution in [0.2, 0.25) is 0 Å². The fourth-order valence-electron chi connectivity index (χ4n) is 0.506. The van der Waals surface area contributed by atoms with Crippen LogP contribution in [0.1, 0.15) is 27.7 Å². The number of carbonyl (C=O) groups excluding carboxylic acids is 1. The Balaban J connectivity index is 4.25. The van der Waals surface area contributed by atoms with Gasteiger partial charge < -0.3 is 10.4 Å². The Hall–Kier alpha value is -1.06. The molecule has 70 valence electrons. The standard InChI is InChI=1S/C8H15NO3/c1-5(2)6(10)9-8(3,4)7(11)12/h5H,1-4H3,(H,9,10)(H,11,12). The third-order valence-electron chi connectivity index (χ3n) is 1.49. The Morgan fingerprint density at radius 3 is 2.00 bits per heavy atom. The summed E-state index contributed by atoms with van der Waals surface area (Å²) in [5.41, 5.74) is -1.18. The number of nitrogens with one attached hydrogen (secondary N) is 1. The van der Waals surface area contributed by atoms with Crippen molar-refractivity contribution >= 4 is 11.9 Å². The van der Waals surface area contributed by atoms with Crippen molar-refractivity contribution in [3.63, 3.8) is 0 Å². The molecule has 0 aliphatic heterocycles. The van der Waals surface area contributed by atoms with Crippen molar-refractivity contribution in [3.8, 4) is 0 Å².